The predicted octanol–water partition coefficient (Wildman–Crippen LogP) is 4.02. The van der Waals surface area contributed by atoms with Gasteiger partial charge in [0.05, 0.1) is 11.8 Å². The molecule has 2 amide bonds. The monoisotopic (exact) mass is 486 g/mol. The van der Waals surface area contributed by atoms with Crippen LogP contribution in [0, 0.1) is 17.8 Å². The molecular formula is C26H28F2N2O5. The van der Waals surface area contributed by atoms with Gasteiger partial charge in [-0.05, 0) is 28.7 Å². The zero-order valence-electron chi connectivity index (χ0n) is 19.3. The van der Waals surface area contributed by atoms with Crippen LogP contribution in [0.1, 0.15) is 36.8 Å². The summed E-state index contributed by atoms with van der Waals surface area (Å²) in [5.41, 5.74) is 4.40. The number of halogens is 2. The number of carboxylic acid groups (broad SMARTS) is 1. The average molecular weight is 487 g/mol. The minimum atomic E-state index is -3.32. The summed E-state index contributed by atoms with van der Waals surface area (Å²) in [5, 5.41) is 13.9. The van der Waals surface area contributed by atoms with Crippen molar-refractivity contribution in [1.82, 2.24) is 10.6 Å². The van der Waals surface area contributed by atoms with Gasteiger partial charge in [-0.25, -0.2) is 13.6 Å². The number of ether oxygens (including phenoxy) is 1. The SMILES string of the molecule is CCCC(CNC(=O)OCC1c2ccccc2-c2ccccc21)C(=O)NC[C@@H]1[C@H](C(=O)O)C1(F)F. The fourth-order valence-corrected chi connectivity index (χ4v) is 4.87. The molecule has 7 nitrogen and oxygen atoms in total. The summed E-state index contributed by atoms with van der Waals surface area (Å²) in [6.07, 6.45) is 0.404. The standard InChI is InChI=1S/C26H28F2N2O5/c1-2-7-15(23(31)29-13-21-22(24(32)33)26(21,27)28)12-30-25(34)35-14-20-18-10-5-3-8-16(18)17-9-4-6-11-19(17)20/h3-6,8-11,15,20-22H,2,7,12-14H2,1H3,(H,29,31)(H,30,34)(H,32,33)/t15?,21-,22-/m1/s1. The molecule has 35 heavy (non-hydrogen) atoms. The number of benzene rings is 2. The topological polar surface area (TPSA) is 105 Å². The van der Waals surface area contributed by atoms with Crippen LogP contribution in [0.25, 0.3) is 11.1 Å². The highest BCUT2D eigenvalue weighted by Crippen LogP contribution is 2.54. The zero-order valence-corrected chi connectivity index (χ0v) is 19.3. The third-order valence-electron chi connectivity index (χ3n) is 6.81. The molecule has 2 aromatic rings. The van der Waals surface area contributed by atoms with E-state index in [9.17, 15) is 23.2 Å². The zero-order chi connectivity index (χ0) is 25.2. The molecule has 186 valence electrons. The summed E-state index contributed by atoms with van der Waals surface area (Å²) < 4.78 is 32.6. The van der Waals surface area contributed by atoms with E-state index in [2.05, 4.69) is 10.6 Å². The fourth-order valence-electron chi connectivity index (χ4n) is 4.87. The molecule has 0 bridgehead atoms. The van der Waals surface area contributed by atoms with E-state index >= 15 is 0 Å². The minimum absolute atomic E-state index is 0.0141. The van der Waals surface area contributed by atoms with Crippen LogP contribution >= 0.6 is 0 Å². The van der Waals surface area contributed by atoms with E-state index in [1.54, 1.807) is 0 Å². The number of hydrogen-bond donors (Lipinski definition) is 3. The van der Waals surface area contributed by atoms with Crippen molar-refractivity contribution in [1.29, 1.82) is 0 Å². The second-order valence-electron chi connectivity index (χ2n) is 9.03. The summed E-state index contributed by atoms with van der Waals surface area (Å²) in [6.45, 7) is 1.56. The van der Waals surface area contributed by atoms with Crippen LogP contribution in [-0.2, 0) is 14.3 Å². The Bertz CT molecular complexity index is 1080. The van der Waals surface area contributed by atoms with Gasteiger partial charge in [0.25, 0.3) is 5.92 Å². The maximum atomic E-state index is 13.6. The molecule has 1 saturated carbocycles. The van der Waals surface area contributed by atoms with E-state index < -0.39 is 48.2 Å². The van der Waals surface area contributed by atoms with Gasteiger partial charge in [-0.1, -0.05) is 61.9 Å². The number of carbonyl (C=O) groups is 3. The summed E-state index contributed by atoms with van der Waals surface area (Å²) in [4.78, 5) is 35.8. The Morgan fingerprint density at radius 2 is 1.63 bits per heavy atom. The molecule has 0 saturated heterocycles. The lowest BCUT2D eigenvalue weighted by Gasteiger charge is -2.18. The molecule has 0 heterocycles. The van der Waals surface area contributed by atoms with Gasteiger partial charge >= 0.3 is 12.1 Å². The number of fused-ring (bicyclic) bond motifs is 3. The molecule has 2 aliphatic rings. The quantitative estimate of drug-likeness (QED) is 0.471. The van der Waals surface area contributed by atoms with Crippen LogP contribution in [0.2, 0.25) is 0 Å². The van der Waals surface area contributed by atoms with Gasteiger partial charge in [0.1, 0.15) is 12.5 Å². The molecular weight excluding hydrogens is 458 g/mol. The van der Waals surface area contributed by atoms with Crippen molar-refractivity contribution >= 4 is 18.0 Å². The fraction of sp³-hybridized carbons (Fsp3) is 0.423. The summed E-state index contributed by atoms with van der Waals surface area (Å²) in [6, 6.07) is 15.9. The van der Waals surface area contributed by atoms with E-state index in [-0.39, 0.29) is 19.1 Å². The average Bonchev–Trinajstić information content (AvgIpc) is 3.25. The van der Waals surface area contributed by atoms with Gasteiger partial charge in [0.2, 0.25) is 5.91 Å². The molecule has 2 aromatic carbocycles. The van der Waals surface area contributed by atoms with Crippen LogP contribution in [0.4, 0.5) is 13.6 Å². The van der Waals surface area contributed by atoms with Crippen molar-refractivity contribution in [3.8, 4) is 11.1 Å². The Hall–Kier alpha value is -3.49. The molecule has 0 aromatic heterocycles. The van der Waals surface area contributed by atoms with Crippen molar-refractivity contribution in [2.75, 3.05) is 19.7 Å². The number of carboxylic acids is 1. The minimum Gasteiger partial charge on any atom is -0.481 e. The van der Waals surface area contributed by atoms with Gasteiger partial charge in [-0.15, -0.1) is 0 Å². The van der Waals surface area contributed by atoms with E-state index in [1.165, 1.54) is 0 Å². The van der Waals surface area contributed by atoms with Crippen molar-refractivity contribution in [2.24, 2.45) is 17.8 Å². The van der Waals surface area contributed by atoms with Crippen molar-refractivity contribution < 1.29 is 33.0 Å². The van der Waals surface area contributed by atoms with Crippen LogP contribution in [0.3, 0.4) is 0 Å². The van der Waals surface area contributed by atoms with Crippen LogP contribution < -0.4 is 10.6 Å². The maximum absolute atomic E-state index is 13.6. The van der Waals surface area contributed by atoms with Gasteiger partial charge in [-0.2, -0.15) is 0 Å². The Balaban J connectivity index is 1.28. The van der Waals surface area contributed by atoms with Crippen molar-refractivity contribution in [3.63, 3.8) is 0 Å². The molecule has 0 aliphatic heterocycles. The number of rotatable bonds is 10. The van der Waals surface area contributed by atoms with E-state index in [1.807, 2.05) is 55.5 Å². The smallest absolute Gasteiger partial charge is 0.407 e. The van der Waals surface area contributed by atoms with E-state index in [0.29, 0.717) is 12.8 Å². The summed E-state index contributed by atoms with van der Waals surface area (Å²) in [5.74, 6) is -9.32. The second-order valence-corrected chi connectivity index (χ2v) is 9.03. The normalized spacial score (nSPS) is 20.3. The Morgan fingerprint density at radius 1 is 1.03 bits per heavy atom. The van der Waals surface area contributed by atoms with E-state index in [4.69, 9.17) is 9.84 Å². The largest absolute Gasteiger partial charge is 0.481 e. The Labute approximate surface area is 201 Å². The van der Waals surface area contributed by atoms with Gasteiger partial charge in [0.15, 0.2) is 0 Å². The van der Waals surface area contributed by atoms with Crippen LogP contribution in [-0.4, -0.2) is 48.7 Å². The predicted molar refractivity (Wildman–Crippen MR) is 124 cm³/mol. The number of aliphatic carboxylic acids is 1. The number of amides is 2. The first kappa shape index (κ1) is 24.6. The first-order valence-corrected chi connectivity index (χ1v) is 11.7. The molecule has 0 radical (unpaired) electrons. The Morgan fingerprint density at radius 3 is 2.17 bits per heavy atom. The highest BCUT2D eigenvalue weighted by Gasteiger charge is 2.72. The maximum Gasteiger partial charge on any atom is 0.407 e. The number of alkyl carbamates (subject to hydrolysis) is 1. The van der Waals surface area contributed by atoms with Gasteiger partial charge < -0.3 is 20.5 Å². The van der Waals surface area contributed by atoms with Crippen LogP contribution in [0.15, 0.2) is 48.5 Å². The van der Waals surface area contributed by atoms with Crippen LogP contribution in [0.5, 0.6) is 0 Å². The molecule has 0 spiro atoms. The molecule has 3 atom stereocenters. The number of carbonyl (C=O) groups excluding carboxylic acids is 2. The van der Waals surface area contributed by atoms with Gasteiger partial charge in [-0.3, -0.25) is 9.59 Å². The Kier molecular flexibility index (Phi) is 7.05. The first-order chi connectivity index (χ1) is 16.8. The second kappa shape index (κ2) is 10.0. The lowest BCUT2D eigenvalue weighted by Crippen LogP contribution is -2.40. The lowest BCUT2D eigenvalue weighted by molar-refractivity contribution is -0.141. The molecule has 1 fully saturated rings. The number of hydrogen-bond acceptors (Lipinski definition) is 4. The molecule has 3 N–H and O–H groups in total. The molecule has 2 aliphatic carbocycles. The number of alkyl halides is 2. The third-order valence-corrected chi connectivity index (χ3v) is 6.81. The molecule has 1 unspecified atom stereocenters. The summed E-state index contributed by atoms with van der Waals surface area (Å²) in [7, 11) is 0. The van der Waals surface area contributed by atoms with Crippen molar-refractivity contribution in [2.45, 2.75) is 31.6 Å². The first-order valence-electron chi connectivity index (χ1n) is 11.7. The summed E-state index contributed by atoms with van der Waals surface area (Å²) >= 11 is 0. The third kappa shape index (κ3) is 4.99. The lowest BCUT2D eigenvalue weighted by atomic mass is 9.98. The number of nitrogens with one attached hydrogen (secondary N) is 2. The van der Waals surface area contributed by atoms with Gasteiger partial charge in [0, 0.05) is 19.0 Å². The van der Waals surface area contributed by atoms with Crippen molar-refractivity contribution in [3.05, 3.63) is 59.7 Å². The highest BCUT2D eigenvalue weighted by atomic mass is 19.3. The highest BCUT2D eigenvalue weighted by molar-refractivity contribution is 5.81. The molecule has 9 heteroatoms. The van der Waals surface area contributed by atoms with E-state index in [0.717, 1.165) is 22.3 Å². The molecule has 4 rings (SSSR count).